The van der Waals surface area contributed by atoms with Crippen LogP contribution in [0.2, 0.25) is 0 Å². The predicted molar refractivity (Wildman–Crippen MR) is 166 cm³/mol. The van der Waals surface area contributed by atoms with E-state index in [4.69, 9.17) is 4.74 Å². The van der Waals surface area contributed by atoms with E-state index in [0.29, 0.717) is 19.1 Å². The summed E-state index contributed by atoms with van der Waals surface area (Å²) in [4.78, 5) is 23.2. The van der Waals surface area contributed by atoms with Gasteiger partial charge in [-0.05, 0) is 68.9 Å². The molecule has 0 radical (unpaired) electrons. The maximum Gasteiger partial charge on any atom is 0.239 e. The Morgan fingerprint density at radius 3 is 2.13 bits per heavy atom. The number of amides is 2. The van der Waals surface area contributed by atoms with Crippen LogP contribution in [-0.4, -0.2) is 43.6 Å². The molecule has 0 saturated heterocycles. The molecular weight excluding hydrogens is 486 g/mol. The molecule has 6 nitrogen and oxygen atoms in total. The minimum absolute atomic E-state index is 0.0145. The van der Waals surface area contributed by atoms with E-state index >= 15 is 0 Å². The first-order valence-electron chi connectivity index (χ1n) is 15.1. The van der Waals surface area contributed by atoms with Gasteiger partial charge in [-0.25, -0.2) is 0 Å². The summed E-state index contributed by atoms with van der Waals surface area (Å²) in [6.07, 6.45) is 5.86. The Morgan fingerprint density at radius 2 is 1.62 bits per heavy atom. The van der Waals surface area contributed by atoms with Crippen molar-refractivity contribution in [2.24, 2.45) is 17.8 Å². The van der Waals surface area contributed by atoms with E-state index in [9.17, 15) is 9.59 Å². The summed E-state index contributed by atoms with van der Waals surface area (Å²) in [7, 11) is 0. The first kappa shape index (κ1) is 36.7. The second-order valence-corrected chi connectivity index (χ2v) is 11.7. The lowest BCUT2D eigenvalue weighted by Gasteiger charge is -2.19. The van der Waals surface area contributed by atoms with Crippen molar-refractivity contribution in [3.63, 3.8) is 0 Å². The van der Waals surface area contributed by atoms with Crippen molar-refractivity contribution in [1.29, 1.82) is 0 Å². The van der Waals surface area contributed by atoms with Gasteiger partial charge in [0.1, 0.15) is 12.4 Å². The van der Waals surface area contributed by atoms with Crippen LogP contribution < -0.4 is 20.7 Å². The fourth-order valence-corrected chi connectivity index (χ4v) is 3.47. The van der Waals surface area contributed by atoms with Gasteiger partial charge in [0.25, 0.3) is 0 Å². The quantitative estimate of drug-likeness (QED) is 0.169. The smallest absolute Gasteiger partial charge is 0.239 e. The van der Waals surface area contributed by atoms with E-state index < -0.39 is 0 Å². The summed E-state index contributed by atoms with van der Waals surface area (Å²) in [5.41, 5.74) is 2.33. The number of benzene rings is 1. The van der Waals surface area contributed by atoms with Gasteiger partial charge in [-0.15, -0.1) is 0 Å². The second-order valence-electron chi connectivity index (χ2n) is 11.7. The number of carbonyl (C=O) groups excluding carboxylic acids is 2. The fraction of sp³-hybridized carbons (Fsp3) is 0.697. The van der Waals surface area contributed by atoms with Crippen LogP contribution in [0.1, 0.15) is 100.0 Å². The zero-order valence-electron chi connectivity index (χ0n) is 26.5. The lowest BCUT2D eigenvalue weighted by Crippen LogP contribution is -2.40. The summed E-state index contributed by atoms with van der Waals surface area (Å²) in [6.45, 7) is 24.5. The normalized spacial score (nSPS) is 13.8. The molecule has 1 fully saturated rings. The molecule has 1 aliphatic rings. The van der Waals surface area contributed by atoms with Gasteiger partial charge in [-0.3, -0.25) is 9.59 Å². The molecule has 224 valence electrons. The van der Waals surface area contributed by atoms with Gasteiger partial charge in [0.05, 0.1) is 6.54 Å². The highest BCUT2D eigenvalue weighted by Crippen LogP contribution is 2.35. The molecule has 39 heavy (non-hydrogen) atoms. The molecule has 1 aliphatic carbocycles. The molecule has 1 aromatic carbocycles. The van der Waals surface area contributed by atoms with Gasteiger partial charge in [0, 0.05) is 25.0 Å². The van der Waals surface area contributed by atoms with Crippen molar-refractivity contribution >= 4 is 11.8 Å². The van der Waals surface area contributed by atoms with E-state index in [2.05, 4.69) is 77.1 Å². The Morgan fingerprint density at radius 1 is 1.03 bits per heavy atom. The molecule has 0 aromatic heterocycles. The van der Waals surface area contributed by atoms with E-state index in [-0.39, 0.29) is 24.4 Å². The van der Waals surface area contributed by atoms with Crippen LogP contribution in [0, 0.1) is 17.8 Å². The topological polar surface area (TPSA) is 79.5 Å². The molecule has 2 amide bonds. The van der Waals surface area contributed by atoms with Crippen molar-refractivity contribution in [3.05, 3.63) is 42.0 Å². The Labute approximate surface area is 240 Å². The minimum Gasteiger partial charge on any atom is -0.492 e. The SMILES string of the molecule is C=C(C)C(NCCOc1ccccc1CCC(C)NC(=O)CNC(=O)CC)C1CC1.CC(C)C.CCC(C)C. The summed E-state index contributed by atoms with van der Waals surface area (Å²) in [5, 5.41) is 9.09. The van der Waals surface area contributed by atoms with Crippen LogP contribution in [-0.2, 0) is 16.0 Å². The molecule has 0 heterocycles. The predicted octanol–water partition coefficient (Wildman–Crippen LogP) is 6.69. The number of hydrogen-bond donors (Lipinski definition) is 3. The zero-order valence-corrected chi connectivity index (χ0v) is 26.5. The van der Waals surface area contributed by atoms with E-state index in [1.54, 1.807) is 6.92 Å². The third-order valence-electron chi connectivity index (χ3n) is 6.16. The van der Waals surface area contributed by atoms with Crippen molar-refractivity contribution in [2.45, 2.75) is 113 Å². The highest BCUT2D eigenvalue weighted by Gasteiger charge is 2.31. The fourth-order valence-electron chi connectivity index (χ4n) is 3.47. The highest BCUT2D eigenvalue weighted by molar-refractivity contribution is 5.84. The molecule has 0 bridgehead atoms. The van der Waals surface area contributed by atoms with Crippen molar-refractivity contribution in [2.75, 3.05) is 19.7 Å². The van der Waals surface area contributed by atoms with Crippen LogP contribution in [0.4, 0.5) is 0 Å². The van der Waals surface area contributed by atoms with Gasteiger partial charge in [0.2, 0.25) is 11.8 Å². The Balaban J connectivity index is 0.00000139. The molecular formula is C33H59N3O3. The lowest BCUT2D eigenvalue weighted by atomic mass is 10.1. The minimum atomic E-state index is -0.164. The van der Waals surface area contributed by atoms with Crippen molar-refractivity contribution in [1.82, 2.24) is 16.0 Å². The molecule has 3 N–H and O–H groups in total. The zero-order chi connectivity index (χ0) is 29.8. The van der Waals surface area contributed by atoms with Crippen molar-refractivity contribution < 1.29 is 14.3 Å². The standard InChI is InChI=1S/C24H37N3O3.C5H12.C4H10/c1-5-22(28)26-16-23(29)27-18(4)10-11-19-8-6-7-9-21(19)30-15-14-25-24(17(2)3)20-12-13-20;1-4-5(2)3;1-4(2)3/h6-9,18,20,24-25H,2,5,10-16H2,1,3-4H3,(H,26,28)(H,27,29);5H,4H2,1-3H3;4H,1-3H3. The average molecular weight is 546 g/mol. The maximum absolute atomic E-state index is 11.9. The van der Waals surface area contributed by atoms with Gasteiger partial charge < -0.3 is 20.7 Å². The summed E-state index contributed by atoms with van der Waals surface area (Å²) >= 11 is 0. The molecule has 2 unspecified atom stereocenters. The van der Waals surface area contributed by atoms with Crippen LogP contribution in [0.15, 0.2) is 36.4 Å². The molecule has 0 spiro atoms. The number of ether oxygens (including phenoxy) is 1. The van der Waals surface area contributed by atoms with Gasteiger partial charge in [0.15, 0.2) is 0 Å². The number of rotatable bonds is 15. The van der Waals surface area contributed by atoms with Crippen LogP contribution in [0.3, 0.4) is 0 Å². The average Bonchev–Trinajstić information content (AvgIpc) is 3.71. The lowest BCUT2D eigenvalue weighted by molar-refractivity contribution is -0.126. The number of para-hydroxylation sites is 1. The van der Waals surface area contributed by atoms with Gasteiger partial charge in [-0.1, -0.05) is 85.2 Å². The highest BCUT2D eigenvalue weighted by atomic mass is 16.5. The van der Waals surface area contributed by atoms with E-state index in [1.807, 2.05) is 25.1 Å². The van der Waals surface area contributed by atoms with Crippen LogP contribution >= 0.6 is 0 Å². The maximum atomic E-state index is 11.9. The van der Waals surface area contributed by atoms with E-state index in [0.717, 1.165) is 48.5 Å². The summed E-state index contributed by atoms with van der Waals surface area (Å²) in [5.74, 6) is 3.07. The number of hydrogen-bond acceptors (Lipinski definition) is 4. The summed E-state index contributed by atoms with van der Waals surface area (Å²) < 4.78 is 6.03. The third kappa shape index (κ3) is 20.3. The first-order chi connectivity index (χ1) is 18.4. The third-order valence-corrected chi connectivity index (χ3v) is 6.16. The molecule has 1 saturated carbocycles. The van der Waals surface area contributed by atoms with E-state index in [1.165, 1.54) is 24.8 Å². The molecule has 1 aromatic rings. The Hall–Kier alpha value is -2.34. The van der Waals surface area contributed by atoms with Crippen LogP contribution in [0.25, 0.3) is 0 Å². The number of aryl methyl sites for hydroxylation is 1. The Kier molecular flexibility index (Phi) is 20.2. The molecule has 2 atom stereocenters. The second kappa shape index (κ2) is 21.5. The van der Waals surface area contributed by atoms with Crippen LogP contribution in [0.5, 0.6) is 5.75 Å². The molecule has 2 rings (SSSR count). The summed E-state index contributed by atoms with van der Waals surface area (Å²) in [6, 6.07) is 8.47. The first-order valence-corrected chi connectivity index (χ1v) is 15.1. The number of carbonyl (C=O) groups is 2. The van der Waals surface area contributed by atoms with Gasteiger partial charge >= 0.3 is 0 Å². The monoisotopic (exact) mass is 545 g/mol. The molecule has 0 aliphatic heterocycles. The van der Waals surface area contributed by atoms with Crippen molar-refractivity contribution in [3.8, 4) is 5.75 Å². The largest absolute Gasteiger partial charge is 0.492 e. The van der Waals surface area contributed by atoms with Gasteiger partial charge in [-0.2, -0.15) is 0 Å². The number of nitrogens with one attached hydrogen (secondary N) is 3. The molecule has 6 heteroatoms. The Bertz CT molecular complexity index is 815.